The first-order chi connectivity index (χ1) is 15.0. The third-order valence-electron chi connectivity index (χ3n) is 5.16. The zero-order valence-electron chi connectivity index (χ0n) is 17.2. The fourth-order valence-electron chi connectivity index (χ4n) is 3.25. The number of ether oxygens (including phenoxy) is 2. The van der Waals surface area contributed by atoms with Crippen LogP contribution in [0.25, 0.3) is 5.69 Å². The number of hydrogen-bond donors (Lipinski definition) is 0. The third kappa shape index (κ3) is 4.47. The maximum atomic E-state index is 14.2. The van der Waals surface area contributed by atoms with Crippen molar-refractivity contribution < 1.29 is 23.5 Å². The molecule has 1 fully saturated rings. The van der Waals surface area contributed by atoms with Crippen molar-refractivity contribution in [1.29, 1.82) is 0 Å². The van der Waals surface area contributed by atoms with Crippen LogP contribution in [-0.4, -0.2) is 33.9 Å². The molecule has 1 aromatic heterocycles. The average Bonchev–Trinajstić information content (AvgIpc) is 3.53. The Bertz CT molecular complexity index is 1110. The van der Waals surface area contributed by atoms with Crippen LogP contribution in [0.5, 0.6) is 5.75 Å². The minimum Gasteiger partial charge on any atom is -0.484 e. The summed E-state index contributed by atoms with van der Waals surface area (Å²) in [6.07, 6.45) is 3.78. The number of rotatable bonds is 8. The van der Waals surface area contributed by atoms with Gasteiger partial charge in [0.1, 0.15) is 23.4 Å². The Labute approximate surface area is 178 Å². The molecule has 1 heterocycles. The highest BCUT2D eigenvalue weighted by atomic mass is 19.1. The van der Waals surface area contributed by atoms with Gasteiger partial charge in [-0.25, -0.2) is 9.18 Å². The van der Waals surface area contributed by atoms with Crippen molar-refractivity contribution in [3.63, 3.8) is 0 Å². The standard InChI is InChI=1S/C23H22FN3O4/c1-3-21(31-17-9-6-15(7-10-17)22(28)14-4-5-14)20-13-25-27(26-20)16-8-11-18(19(24)12-16)23(29)30-2/h6-14,21H,3-5H2,1-2H3/t21-/m1/s1. The van der Waals surface area contributed by atoms with Gasteiger partial charge >= 0.3 is 5.97 Å². The molecule has 31 heavy (non-hydrogen) atoms. The lowest BCUT2D eigenvalue weighted by atomic mass is 10.1. The van der Waals surface area contributed by atoms with Crippen LogP contribution in [0.4, 0.5) is 4.39 Å². The van der Waals surface area contributed by atoms with Crippen molar-refractivity contribution in [3.05, 3.63) is 71.3 Å². The van der Waals surface area contributed by atoms with Crippen molar-refractivity contribution in [1.82, 2.24) is 15.0 Å². The summed E-state index contributed by atoms with van der Waals surface area (Å²) in [5, 5.41) is 8.60. The van der Waals surface area contributed by atoms with Crippen LogP contribution < -0.4 is 4.74 Å². The van der Waals surface area contributed by atoms with E-state index < -0.39 is 11.8 Å². The zero-order valence-corrected chi connectivity index (χ0v) is 17.2. The Morgan fingerprint density at radius 2 is 1.94 bits per heavy atom. The average molecular weight is 423 g/mol. The van der Waals surface area contributed by atoms with E-state index in [1.54, 1.807) is 30.5 Å². The van der Waals surface area contributed by atoms with E-state index in [0.29, 0.717) is 29.1 Å². The molecule has 2 aromatic carbocycles. The first kappa shape index (κ1) is 20.7. The van der Waals surface area contributed by atoms with Crippen molar-refractivity contribution in [3.8, 4) is 11.4 Å². The second-order valence-corrected chi connectivity index (χ2v) is 7.39. The molecule has 0 amide bonds. The van der Waals surface area contributed by atoms with Crippen molar-refractivity contribution in [2.45, 2.75) is 32.3 Å². The van der Waals surface area contributed by atoms with E-state index in [1.807, 2.05) is 6.92 Å². The summed E-state index contributed by atoms with van der Waals surface area (Å²) in [4.78, 5) is 25.0. The molecule has 1 aliphatic carbocycles. The van der Waals surface area contributed by atoms with E-state index in [4.69, 9.17) is 4.74 Å². The maximum Gasteiger partial charge on any atom is 0.340 e. The minimum absolute atomic E-state index is 0.156. The predicted molar refractivity (Wildman–Crippen MR) is 110 cm³/mol. The molecular weight excluding hydrogens is 401 g/mol. The number of aromatic nitrogens is 3. The number of nitrogens with zero attached hydrogens (tertiary/aromatic N) is 3. The zero-order chi connectivity index (χ0) is 22.0. The van der Waals surface area contributed by atoms with E-state index >= 15 is 0 Å². The molecule has 0 aliphatic heterocycles. The van der Waals surface area contributed by atoms with Gasteiger partial charge in [-0.3, -0.25) is 4.79 Å². The van der Waals surface area contributed by atoms with Crippen LogP contribution in [0.1, 0.15) is 58.7 Å². The maximum absolute atomic E-state index is 14.2. The number of halogens is 1. The lowest BCUT2D eigenvalue weighted by Gasteiger charge is -2.15. The molecule has 160 valence electrons. The number of Topliss-reactive ketones (excluding diaryl/α,β-unsaturated/α-hetero) is 1. The molecule has 0 radical (unpaired) electrons. The van der Waals surface area contributed by atoms with Gasteiger partial charge in [-0.15, -0.1) is 5.10 Å². The summed E-state index contributed by atoms with van der Waals surface area (Å²) in [5.41, 5.74) is 1.50. The summed E-state index contributed by atoms with van der Waals surface area (Å²) >= 11 is 0. The van der Waals surface area contributed by atoms with Gasteiger partial charge in [-0.05, 0) is 55.7 Å². The number of benzene rings is 2. The third-order valence-corrected chi connectivity index (χ3v) is 5.16. The number of carbonyl (C=O) groups excluding carboxylic acids is 2. The Kier molecular flexibility index (Phi) is 5.79. The first-order valence-electron chi connectivity index (χ1n) is 10.1. The highest BCUT2D eigenvalue weighted by Gasteiger charge is 2.30. The van der Waals surface area contributed by atoms with Crippen molar-refractivity contribution in [2.24, 2.45) is 5.92 Å². The summed E-state index contributed by atoms with van der Waals surface area (Å²) in [6.45, 7) is 1.96. The van der Waals surface area contributed by atoms with Crippen LogP contribution >= 0.6 is 0 Å². The van der Waals surface area contributed by atoms with Gasteiger partial charge in [0.2, 0.25) is 0 Å². The molecule has 7 nitrogen and oxygen atoms in total. The van der Waals surface area contributed by atoms with E-state index in [1.165, 1.54) is 30.1 Å². The van der Waals surface area contributed by atoms with Gasteiger partial charge in [-0.1, -0.05) is 6.92 Å². The molecule has 4 rings (SSSR count). The number of methoxy groups -OCH3 is 1. The van der Waals surface area contributed by atoms with E-state index in [9.17, 15) is 14.0 Å². The molecule has 0 unspecified atom stereocenters. The largest absolute Gasteiger partial charge is 0.484 e. The fraction of sp³-hybridized carbons (Fsp3) is 0.304. The minimum atomic E-state index is -0.748. The normalized spacial score (nSPS) is 14.2. The van der Waals surface area contributed by atoms with Gasteiger partial charge in [0.15, 0.2) is 5.78 Å². The second-order valence-electron chi connectivity index (χ2n) is 7.39. The van der Waals surface area contributed by atoms with E-state index in [-0.39, 0.29) is 23.4 Å². The van der Waals surface area contributed by atoms with Gasteiger partial charge in [-0.2, -0.15) is 9.90 Å². The predicted octanol–water partition coefficient (Wildman–Crippen LogP) is 4.32. The molecule has 1 aliphatic rings. The Morgan fingerprint density at radius 3 is 2.55 bits per heavy atom. The van der Waals surface area contributed by atoms with E-state index in [2.05, 4.69) is 14.9 Å². The summed E-state index contributed by atoms with van der Waals surface area (Å²) in [7, 11) is 1.19. The molecule has 0 saturated heterocycles. The topological polar surface area (TPSA) is 83.3 Å². The summed E-state index contributed by atoms with van der Waals surface area (Å²) in [5.74, 6) is -0.472. The Morgan fingerprint density at radius 1 is 1.19 bits per heavy atom. The van der Waals surface area contributed by atoms with Crippen molar-refractivity contribution >= 4 is 11.8 Å². The highest BCUT2D eigenvalue weighted by molar-refractivity contribution is 5.99. The van der Waals surface area contributed by atoms with Gasteiger partial charge < -0.3 is 9.47 Å². The summed E-state index contributed by atoms with van der Waals surface area (Å²) in [6, 6.07) is 11.2. The number of carbonyl (C=O) groups is 2. The van der Waals surface area contributed by atoms with Gasteiger partial charge in [0.25, 0.3) is 0 Å². The quantitative estimate of drug-likeness (QED) is 0.396. The van der Waals surface area contributed by atoms with Gasteiger partial charge in [0.05, 0.1) is 24.6 Å². The lowest BCUT2D eigenvalue weighted by Crippen LogP contribution is -2.09. The number of ketones is 1. The summed E-state index contributed by atoms with van der Waals surface area (Å²) < 4.78 is 24.8. The van der Waals surface area contributed by atoms with E-state index in [0.717, 1.165) is 12.8 Å². The molecule has 0 N–H and O–H groups in total. The molecule has 1 saturated carbocycles. The fourth-order valence-corrected chi connectivity index (χ4v) is 3.25. The van der Waals surface area contributed by atoms with Crippen LogP contribution in [0, 0.1) is 11.7 Å². The van der Waals surface area contributed by atoms with Crippen LogP contribution in [0.3, 0.4) is 0 Å². The lowest BCUT2D eigenvalue weighted by molar-refractivity contribution is 0.0595. The molecule has 0 spiro atoms. The first-order valence-corrected chi connectivity index (χ1v) is 10.1. The monoisotopic (exact) mass is 423 g/mol. The molecular formula is C23H22FN3O4. The molecule has 0 bridgehead atoms. The smallest absolute Gasteiger partial charge is 0.340 e. The van der Waals surface area contributed by atoms with Crippen LogP contribution in [0.2, 0.25) is 0 Å². The Balaban J connectivity index is 1.48. The van der Waals surface area contributed by atoms with Crippen LogP contribution in [-0.2, 0) is 4.74 Å². The SMILES string of the molecule is CC[C@@H](Oc1ccc(C(=O)C2CC2)cc1)c1cnn(-c2ccc(C(=O)OC)c(F)c2)n1. The second kappa shape index (κ2) is 8.67. The Hall–Kier alpha value is -3.55. The highest BCUT2D eigenvalue weighted by Crippen LogP contribution is 2.33. The molecule has 8 heteroatoms. The molecule has 1 atom stereocenters. The van der Waals surface area contributed by atoms with Crippen LogP contribution in [0.15, 0.2) is 48.7 Å². The number of hydrogen-bond acceptors (Lipinski definition) is 6. The molecule has 3 aromatic rings. The van der Waals surface area contributed by atoms with Gasteiger partial charge in [0, 0.05) is 17.5 Å². The van der Waals surface area contributed by atoms with Crippen molar-refractivity contribution in [2.75, 3.05) is 7.11 Å². The number of esters is 1.